The van der Waals surface area contributed by atoms with E-state index >= 15 is 0 Å². The van der Waals surface area contributed by atoms with Crippen LogP contribution in [0.5, 0.6) is 0 Å². The lowest BCUT2D eigenvalue weighted by atomic mass is 10.0. The molecule has 2 N–H and O–H groups in total. The highest BCUT2D eigenvalue weighted by Gasteiger charge is 2.27. The zero-order valence-corrected chi connectivity index (χ0v) is 19.6. The molecule has 1 aliphatic rings. The molecule has 0 radical (unpaired) electrons. The Morgan fingerprint density at radius 2 is 1.72 bits per heavy atom. The molecule has 1 unspecified atom stereocenters. The standard InChI is InChI=1S/C22H27ClN4O4S/c1-16(28)24-21(17-6-8-18(23)9-7-17)15-22(29)25-19-4-3-5-20(14-19)32(30,31)27-12-10-26(2)11-13-27/h3-9,14,21H,10-13,15H2,1-2H3,(H,24,28)(H,25,29). The van der Waals surface area contributed by atoms with Crippen molar-refractivity contribution >= 4 is 39.1 Å². The molecular weight excluding hydrogens is 452 g/mol. The molecule has 0 bridgehead atoms. The molecule has 3 rings (SSSR count). The van der Waals surface area contributed by atoms with E-state index in [0.717, 1.165) is 5.56 Å². The normalized spacial score (nSPS) is 16.3. The van der Waals surface area contributed by atoms with E-state index in [2.05, 4.69) is 15.5 Å². The van der Waals surface area contributed by atoms with Crippen molar-refractivity contribution in [3.05, 3.63) is 59.1 Å². The summed E-state index contributed by atoms with van der Waals surface area (Å²) in [6, 6.07) is 12.6. The Balaban J connectivity index is 1.71. The summed E-state index contributed by atoms with van der Waals surface area (Å²) in [7, 11) is -1.69. The molecule has 172 valence electrons. The van der Waals surface area contributed by atoms with Gasteiger partial charge in [0.25, 0.3) is 0 Å². The quantitative estimate of drug-likeness (QED) is 0.637. The van der Waals surface area contributed by atoms with Gasteiger partial charge in [-0.2, -0.15) is 4.31 Å². The zero-order chi connectivity index (χ0) is 23.3. The van der Waals surface area contributed by atoms with Crippen molar-refractivity contribution in [2.75, 3.05) is 38.5 Å². The van der Waals surface area contributed by atoms with Gasteiger partial charge in [0.05, 0.1) is 17.4 Å². The first-order chi connectivity index (χ1) is 15.1. The van der Waals surface area contributed by atoms with Crippen LogP contribution in [0.3, 0.4) is 0 Å². The summed E-state index contributed by atoms with van der Waals surface area (Å²) in [6.07, 6.45) is -0.0172. The molecule has 1 fully saturated rings. The van der Waals surface area contributed by atoms with Crippen LogP contribution in [0.1, 0.15) is 24.9 Å². The lowest BCUT2D eigenvalue weighted by Gasteiger charge is -2.31. The Labute approximate surface area is 193 Å². The number of nitrogens with zero attached hydrogens (tertiary/aromatic N) is 2. The van der Waals surface area contributed by atoms with Crippen molar-refractivity contribution in [3.63, 3.8) is 0 Å². The summed E-state index contributed by atoms with van der Waals surface area (Å²) in [6.45, 7) is 3.58. The number of piperazine rings is 1. The summed E-state index contributed by atoms with van der Waals surface area (Å²) in [5, 5.41) is 6.06. The van der Waals surface area contributed by atoms with Crippen LogP contribution < -0.4 is 10.6 Å². The van der Waals surface area contributed by atoms with Crippen LogP contribution in [0.15, 0.2) is 53.4 Å². The number of carbonyl (C=O) groups is 2. The third-order valence-electron chi connectivity index (χ3n) is 5.26. The van der Waals surface area contributed by atoms with Crippen molar-refractivity contribution in [2.24, 2.45) is 0 Å². The fraction of sp³-hybridized carbons (Fsp3) is 0.364. The molecule has 2 aromatic rings. The van der Waals surface area contributed by atoms with E-state index < -0.39 is 16.1 Å². The maximum absolute atomic E-state index is 13.0. The Hall–Kier alpha value is -2.46. The number of hydrogen-bond acceptors (Lipinski definition) is 5. The maximum Gasteiger partial charge on any atom is 0.243 e. The van der Waals surface area contributed by atoms with Crippen LogP contribution in [0.25, 0.3) is 0 Å². The number of likely N-dealkylation sites (N-methyl/N-ethyl adjacent to an activating group) is 1. The molecule has 2 amide bonds. The molecule has 10 heteroatoms. The van der Waals surface area contributed by atoms with Gasteiger partial charge in [-0.05, 0) is 42.9 Å². The molecule has 0 aromatic heterocycles. The fourth-order valence-electron chi connectivity index (χ4n) is 3.50. The Morgan fingerprint density at radius 3 is 2.34 bits per heavy atom. The summed E-state index contributed by atoms with van der Waals surface area (Å²) >= 11 is 5.93. The number of benzene rings is 2. The van der Waals surface area contributed by atoms with E-state index in [1.54, 1.807) is 36.4 Å². The molecule has 8 nitrogen and oxygen atoms in total. The SMILES string of the molecule is CC(=O)NC(CC(=O)Nc1cccc(S(=O)(=O)N2CCN(C)CC2)c1)c1ccc(Cl)cc1. The Bertz CT molecular complexity index is 1070. The van der Waals surface area contributed by atoms with Crippen LogP contribution in [0.2, 0.25) is 5.02 Å². The van der Waals surface area contributed by atoms with Gasteiger partial charge in [-0.15, -0.1) is 0 Å². The highest BCUT2D eigenvalue weighted by Crippen LogP contribution is 2.23. The number of halogens is 1. The highest BCUT2D eigenvalue weighted by atomic mass is 35.5. The first-order valence-corrected chi connectivity index (χ1v) is 12.1. The molecule has 1 atom stereocenters. The predicted octanol–water partition coefficient (Wildman–Crippen LogP) is 2.48. The van der Waals surface area contributed by atoms with E-state index in [0.29, 0.717) is 36.9 Å². The molecule has 1 saturated heterocycles. The van der Waals surface area contributed by atoms with Gasteiger partial charge in [0.1, 0.15) is 0 Å². The van der Waals surface area contributed by atoms with Crippen molar-refractivity contribution < 1.29 is 18.0 Å². The summed E-state index contributed by atoms with van der Waals surface area (Å²) < 4.78 is 27.4. The Morgan fingerprint density at radius 1 is 1.06 bits per heavy atom. The second-order valence-corrected chi connectivity index (χ2v) is 10.2. The van der Waals surface area contributed by atoms with Crippen LogP contribution >= 0.6 is 11.6 Å². The van der Waals surface area contributed by atoms with Crippen molar-refractivity contribution in [1.82, 2.24) is 14.5 Å². The van der Waals surface area contributed by atoms with Crippen LogP contribution in [-0.4, -0.2) is 62.7 Å². The van der Waals surface area contributed by atoms with E-state index in [1.807, 2.05) is 7.05 Å². The van der Waals surface area contributed by atoms with Gasteiger partial charge >= 0.3 is 0 Å². The van der Waals surface area contributed by atoms with Gasteiger partial charge in [-0.1, -0.05) is 29.8 Å². The molecule has 32 heavy (non-hydrogen) atoms. The second-order valence-electron chi connectivity index (χ2n) is 7.79. The molecule has 1 aliphatic heterocycles. The molecule has 0 aliphatic carbocycles. The number of rotatable bonds is 7. The number of sulfonamides is 1. The topological polar surface area (TPSA) is 98.8 Å². The third kappa shape index (κ3) is 6.29. The second kappa shape index (κ2) is 10.4. The smallest absolute Gasteiger partial charge is 0.243 e. The molecule has 0 spiro atoms. The first-order valence-electron chi connectivity index (χ1n) is 10.3. The molecule has 1 heterocycles. The minimum absolute atomic E-state index is 0.0172. The largest absolute Gasteiger partial charge is 0.349 e. The summed E-state index contributed by atoms with van der Waals surface area (Å²) in [4.78, 5) is 26.5. The van der Waals surface area contributed by atoms with Gasteiger partial charge in [0, 0.05) is 43.8 Å². The van der Waals surface area contributed by atoms with E-state index in [9.17, 15) is 18.0 Å². The van der Waals surface area contributed by atoms with Gasteiger partial charge in [-0.25, -0.2) is 8.42 Å². The summed E-state index contributed by atoms with van der Waals surface area (Å²) in [5.74, 6) is -0.620. The van der Waals surface area contributed by atoms with Gasteiger partial charge < -0.3 is 15.5 Å². The summed E-state index contributed by atoms with van der Waals surface area (Å²) in [5.41, 5.74) is 1.12. The molecule has 0 saturated carbocycles. The van der Waals surface area contributed by atoms with E-state index in [-0.39, 0.29) is 23.1 Å². The fourth-order valence-corrected chi connectivity index (χ4v) is 5.10. The van der Waals surface area contributed by atoms with Crippen LogP contribution in [0.4, 0.5) is 5.69 Å². The van der Waals surface area contributed by atoms with Gasteiger partial charge in [-0.3, -0.25) is 9.59 Å². The number of nitrogens with one attached hydrogen (secondary N) is 2. The van der Waals surface area contributed by atoms with Crippen molar-refractivity contribution in [1.29, 1.82) is 0 Å². The zero-order valence-electron chi connectivity index (χ0n) is 18.0. The van der Waals surface area contributed by atoms with Gasteiger partial charge in [0.15, 0.2) is 0 Å². The number of carbonyl (C=O) groups excluding carboxylic acids is 2. The molecular formula is C22H27ClN4O4S. The first kappa shape index (κ1) is 24.2. The molecule has 2 aromatic carbocycles. The third-order valence-corrected chi connectivity index (χ3v) is 7.40. The highest BCUT2D eigenvalue weighted by molar-refractivity contribution is 7.89. The lowest BCUT2D eigenvalue weighted by molar-refractivity contribution is -0.120. The van der Waals surface area contributed by atoms with E-state index in [4.69, 9.17) is 11.6 Å². The predicted molar refractivity (Wildman–Crippen MR) is 124 cm³/mol. The van der Waals surface area contributed by atoms with Crippen molar-refractivity contribution in [3.8, 4) is 0 Å². The van der Waals surface area contributed by atoms with Crippen LogP contribution in [0, 0.1) is 0 Å². The average molecular weight is 479 g/mol. The minimum atomic E-state index is -3.64. The Kier molecular flexibility index (Phi) is 7.89. The number of hydrogen-bond donors (Lipinski definition) is 2. The van der Waals surface area contributed by atoms with E-state index in [1.165, 1.54) is 23.4 Å². The monoisotopic (exact) mass is 478 g/mol. The van der Waals surface area contributed by atoms with Gasteiger partial charge in [0.2, 0.25) is 21.8 Å². The van der Waals surface area contributed by atoms with Crippen molar-refractivity contribution in [2.45, 2.75) is 24.3 Å². The lowest BCUT2D eigenvalue weighted by Crippen LogP contribution is -2.47. The van der Waals surface area contributed by atoms with Crippen LogP contribution in [-0.2, 0) is 19.6 Å². The maximum atomic E-state index is 13.0. The number of anilines is 1. The number of amides is 2. The minimum Gasteiger partial charge on any atom is -0.349 e. The average Bonchev–Trinajstić information content (AvgIpc) is 2.74.